The van der Waals surface area contributed by atoms with E-state index in [4.69, 9.17) is 4.74 Å². The Morgan fingerprint density at radius 1 is 0.933 bits per heavy atom. The number of amides is 2. The molecule has 1 saturated heterocycles. The molecule has 2 aromatic rings. The fourth-order valence-electron chi connectivity index (χ4n) is 3.92. The fraction of sp³-hybridized carbons (Fsp3) is 0.391. The maximum atomic E-state index is 12.3. The average Bonchev–Trinajstić information content (AvgIpc) is 2.79. The number of rotatable bonds is 7. The molecule has 0 saturated carbocycles. The SMILES string of the molecule is O=C(CCN1C(=O)COc2ccccc21)NCCN1CCN(c2ccccc2)CC1. The molecular formula is C23H28N4O3. The van der Waals surface area contributed by atoms with Gasteiger partial charge >= 0.3 is 0 Å². The maximum Gasteiger partial charge on any atom is 0.265 e. The summed E-state index contributed by atoms with van der Waals surface area (Å²) in [6.07, 6.45) is 0.280. The van der Waals surface area contributed by atoms with E-state index in [0.717, 1.165) is 38.4 Å². The Kier molecular flexibility index (Phi) is 6.49. The van der Waals surface area contributed by atoms with E-state index in [1.54, 1.807) is 4.90 Å². The highest BCUT2D eigenvalue weighted by Crippen LogP contribution is 2.31. The highest BCUT2D eigenvalue weighted by Gasteiger charge is 2.25. The van der Waals surface area contributed by atoms with E-state index in [-0.39, 0.29) is 24.8 Å². The number of ether oxygens (including phenoxy) is 1. The number of hydrogen-bond donors (Lipinski definition) is 1. The van der Waals surface area contributed by atoms with Crippen molar-refractivity contribution in [1.82, 2.24) is 10.2 Å². The number of piperazine rings is 1. The van der Waals surface area contributed by atoms with E-state index in [1.165, 1.54) is 5.69 Å². The molecule has 0 aromatic heterocycles. The van der Waals surface area contributed by atoms with Crippen LogP contribution in [-0.2, 0) is 9.59 Å². The van der Waals surface area contributed by atoms with Crippen molar-refractivity contribution in [3.63, 3.8) is 0 Å². The summed E-state index contributed by atoms with van der Waals surface area (Å²) in [4.78, 5) is 30.9. The van der Waals surface area contributed by atoms with Gasteiger partial charge in [-0.25, -0.2) is 0 Å². The van der Waals surface area contributed by atoms with Crippen LogP contribution in [0.2, 0.25) is 0 Å². The lowest BCUT2D eigenvalue weighted by Crippen LogP contribution is -2.48. The zero-order valence-corrected chi connectivity index (χ0v) is 17.1. The molecule has 0 radical (unpaired) electrons. The first-order valence-electron chi connectivity index (χ1n) is 10.5. The number of nitrogens with one attached hydrogen (secondary N) is 1. The molecule has 2 aliphatic rings. The molecule has 0 bridgehead atoms. The van der Waals surface area contributed by atoms with E-state index in [2.05, 4.69) is 39.4 Å². The number of anilines is 2. The first-order valence-corrected chi connectivity index (χ1v) is 10.5. The molecule has 4 rings (SSSR count). The van der Waals surface area contributed by atoms with Gasteiger partial charge in [0.2, 0.25) is 5.91 Å². The molecular weight excluding hydrogens is 380 g/mol. The van der Waals surface area contributed by atoms with Gasteiger partial charge in [0.1, 0.15) is 5.75 Å². The minimum absolute atomic E-state index is 0.0214. The van der Waals surface area contributed by atoms with Crippen molar-refractivity contribution in [3.8, 4) is 5.75 Å². The van der Waals surface area contributed by atoms with Crippen LogP contribution in [0.4, 0.5) is 11.4 Å². The highest BCUT2D eigenvalue weighted by molar-refractivity contribution is 5.98. The Hall–Kier alpha value is -3.06. The molecule has 0 aliphatic carbocycles. The van der Waals surface area contributed by atoms with Crippen molar-refractivity contribution < 1.29 is 14.3 Å². The predicted octanol–water partition coefficient (Wildman–Crippen LogP) is 1.74. The van der Waals surface area contributed by atoms with E-state index in [9.17, 15) is 9.59 Å². The van der Waals surface area contributed by atoms with Crippen LogP contribution >= 0.6 is 0 Å². The van der Waals surface area contributed by atoms with Crippen molar-refractivity contribution in [2.45, 2.75) is 6.42 Å². The number of benzene rings is 2. The molecule has 0 atom stereocenters. The third-order valence-corrected chi connectivity index (χ3v) is 5.61. The molecule has 158 valence electrons. The summed E-state index contributed by atoms with van der Waals surface area (Å²) >= 11 is 0. The predicted molar refractivity (Wildman–Crippen MR) is 117 cm³/mol. The summed E-state index contributed by atoms with van der Waals surface area (Å²) in [5.41, 5.74) is 2.00. The summed E-state index contributed by atoms with van der Waals surface area (Å²) in [6.45, 7) is 5.82. The van der Waals surface area contributed by atoms with Crippen molar-refractivity contribution in [3.05, 3.63) is 54.6 Å². The maximum absolute atomic E-state index is 12.3. The van der Waals surface area contributed by atoms with Gasteiger partial charge in [-0.2, -0.15) is 0 Å². The molecule has 2 aromatic carbocycles. The summed E-state index contributed by atoms with van der Waals surface area (Å²) in [5.74, 6) is 0.541. The van der Waals surface area contributed by atoms with Gasteiger partial charge in [-0.3, -0.25) is 14.5 Å². The monoisotopic (exact) mass is 408 g/mol. The van der Waals surface area contributed by atoms with Crippen LogP contribution in [0.1, 0.15) is 6.42 Å². The zero-order chi connectivity index (χ0) is 20.8. The molecule has 30 heavy (non-hydrogen) atoms. The Morgan fingerprint density at radius 2 is 1.67 bits per heavy atom. The van der Waals surface area contributed by atoms with Gasteiger partial charge in [0, 0.05) is 57.9 Å². The highest BCUT2D eigenvalue weighted by atomic mass is 16.5. The number of fused-ring (bicyclic) bond motifs is 1. The van der Waals surface area contributed by atoms with Gasteiger partial charge in [-0.15, -0.1) is 0 Å². The van der Waals surface area contributed by atoms with Crippen molar-refractivity contribution in [1.29, 1.82) is 0 Å². The fourth-order valence-corrected chi connectivity index (χ4v) is 3.92. The zero-order valence-electron chi connectivity index (χ0n) is 17.1. The van der Waals surface area contributed by atoms with Crippen LogP contribution in [0.3, 0.4) is 0 Å². The second kappa shape index (κ2) is 9.63. The second-order valence-corrected chi connectivity index (χ2v) is 7.57. The average molecular weight is 409 g/mol. The van der Waals surface area contributed by atoms with E-state index < -0.39 is 0 Å². The number of para-hydroxylation sites is 3. The van der Waals surface area contributed by atoms with Crippen LogP contribution in [0.5, 0.6) is 5.75 Å². The van der Waals surface area contributed by atoms with Crippen LogP contribution in [0, 0.1) is 0 Å². The van der Waals surface area contributed by atoms with Gasteiger partial charge < -0.3 is 19.9 Å². The topological polar surface area (TPSA) is 65.1 Å². The van der Waals surface area contributed by atoms with E-state index in [0.29, 0.717) is 18.8 Å². The van der Waals surface area contributed by atoms with Crippen LogP contribution in [0.25, 0.3) is 0 Å². The number of carbonyl (C=O) groups is 2. The molecule has 1 fully saturated rings. The second-order valence-electron chi connectivity index (χ2n) is 7.57. The largest absolute Gasteiger partial charge is 0.482 e. The van der Waals surface area contributed by atoms with Crippen molar-refractivity contribution in [2.24, 2.45) is 0 Å². The molecule has 0 unspecified atom stereocenters. The third-order valence-electron chi connectivity index (χ3n) is 5.61. The lowest BCUT2D eigenvalue weighted by Gasteiger charge is -2.36. The summed E-state index contributed by atoms with van der Waals surface area (Å²) in [7, 11) is 0. The minimum Gasteiger partial charge on any atom is -0.482 e. The first kappa shape index (κ1) is 20.2. The van der Waals surface area contributed by atoms with Crippen molar-refractivity contribution >= 4 is 23.2 Å². The molecule has 2 amide bonds. The van der Waals surface area contributed by atoms with Crippen LogP contribution < -0.4 is 19.9 Å². The van der Waals surface area contributed by atoms with Gasteiger partial charge in [0.05, 0.1) is 5.69 Å². The Labute approximate surface area is 177 Å². The summed E-state index contributed by atoms with van der Waals surface area (Å²) in [6, 6.07) is 17.9. The Morgan fingerprint density at radius 3 is 2.47 bits per heavy atom. The molecule has 7 nitrogen and oxygen atoms in total. The molecule has 1 N–H and O–H groups in total. The Bertz CT molecular complexity index is 866. The molecule has 7 heteroatoms. The minimum atomic E-state index is -0.113. The number of nitrogens with zero attached hydrogens (tertiary/aromatic N) is 3. The van der Waals surface area contributed by atoms with Crippen LogP contribution in [0.15, 0.2) is 54.6 Å². The van der Waals surface area contributed by atoms with Crippen molar-refractivity contribution in [2.75, 3.05) is 62.2 Å². The lowest BCUT2D eigenvalue weighted by atomic mass is 10.2. The van der Waals surface area contributed by atoms with E-state index >= 15 is 0 Å². The smallest absolute Gasteiger partial charge is 0.265 e. The standard InChI is InChI=1S/C23H28N4O3/c28-22(10-12-27-20-8-4-5-9-21(20)30-18-23(27)29)24-11-13-25-14-16-26(17-15-25)19-6-2-1-3-7-19/h1-9H,10-18H2,(H,24,28). The lowest BCUT2D eigenvalue weighted by molar-refractivity contribution is -0.122. The number of carbonyl (C=O) groups excluding carboxylic acids is 2. The molecule has 2 aliphatic heterocycles. The molecule has 2 heterocycles. The normalized spacial score (nSPS) is 16.7. The van der Waals surface area contributed by atoms with Gasteiger partial charge in [0.25, 0.3) is 5.91 Å². The first-order chi connectivity index (χ1) is 14.7. The van der Waals surface area contributed by atoms with Gasteiger partial charge in [-0.1, -0.05) is 30.3 Å². The number of hydrogen-bond acceptors (Lipinski definition) is 5. The quantitative estimate of drug-likeness (QED) is 0.756. The summed E-state index contributed by atoms with van der Waals surface area (Å²) < 4.78 is 5.44. The van der Waals surface area contributed by atoms with E-state index in [1.807, 2.05) is 30.3 Å². The van der Waals surface area contributed by atoms with Gasteiger partial charge in [-0.05, 0) is 24.3 Å². The third kappa shape index (κ3) is 4.91. The van der Waals surface area contributed by atoms with Crippen LogP contribution in [-0.4, -0.2) is 69.1 Å². The molecule has 0 spiro atoms. The summed E-state index contributed by atoms with van der Waals surface area (Å²) in [5, 5.41) is 2.99. The Balaban J connectivity index is 1.16. The van der Waals surface area contributed by atoms with Gasteiger partial charge in [0.15, 0.2) is 6.61 Å².